The van der Waals surface area contributed by atoms with Crippen LogP contribution in [-0.4, -0.2) is 24.2 Å². The second kappa shape index (κ2) is 16.5. The van der Waals surface area contributed by atoms with E-state index in [4.69, 9.17) is 10.5 Å². The molecule has 1 aromatic heterocycles. The molecule has 186 valence electrons. The molecule has 0 aliphatic heterocycles. The van der Waals surface area contributed by atoms with Crippen LogP contribution < -0.4 is 16.4 Å². The lowest BCUT2D eigenvalue weighted by atomic mass is 10.1. The Hall–Kier alpha value is -3.16. The van der Waals surface area contributed by atoms with Crippen molar-refractivity contribution in [2.45, 2.75) is 78.1 Å². The number of carbonyl (C=O) groups is 1. The van der Waals surface area contributed by atoms with Crippen LogP contribution in [0, 0.1) is 0 Å². The van der Waals surface area contributed by atoms with Gasteiger partial charge >= 0.3 is 6.09 Å². The third-order valence-corrected chi connectivity index (χ3v) is 5.40. The van der Waals surface area contributed by atoms with E-state index in [1.54, 1.807) is 13.0 Å². The minimum atomic E-state index is -0.590. The number of benzene rings is 1. The Morgan fingerprint density at radius 1 is 0.941 bits per heavy atom. The van der Waals surface area contributed by atoms with Crippen molar-refractivity contribution in [3.63, 3.8) is 0 Å². The summed E-state index contributed by atoms with van der Waals surface area (Å²) in [5.41, 5.74) is 7.63. The third-order valence-electron chi connectivity index (χ3n) is 5.40. The van der Waals surface area contributed by atoms with E-state index in [9.17, 15) is 4.79 Å². The zero-order chi connectivity index (χ0) is 24.4. The van der Waals surface area contributed by atoms with Crippen molar-refractivity contribution in [1.29, 1.82) is 0 Å². The minimum Gasteiger partial charge on any atom is -0.450 e. The molecule has 0 saturated heterocycles. The lowest BCUT2D eigenvalue weighted by Gasteiger charge is -2.13. The highest BCUT2D eigenvalue weighted by Crippen LogP contribution is 2.32. The first-order chi connectivity index (χ1) is 16.6. The molecule has 0 saturated carbocycles. The van der Waals surface area contributed by atoms with Crippen LogP contribution in [0.5, 0.6) is 0 Å². The number of nitrogens with two attached hydrogens (primary N) is 1. The Kier molecular flexibility index (Phi) is 13.1. The Labute approximate surface area is 203 Å². The second-order valence-corrected chi connectivity index (χ2v) is 8.28. The average molecular weight is 469 g/mol. The predicted octanol–water partition coefficient (Wildman–Crippen LogP) is 7.98. The summed E-state index contributed by atoms with van der Waals surface area (Å²) >= 11 is 0. The highest BCUT2D eigenvalue weighted by atomic mass is 16.5. The Morgan fingerprint density at radius 3 is 2.24 bits per heavy atom. The van der Waals surface area contributed by atoms with Crippen LogP contribution >= 0.6 is 0 Å². The molecule has 2 aromatic rings. The summed E-state index contributed by atoms with van der Waals surface area (Å²) in [6.45, 7) is 5.02. The van der Waals surface area contributed by atoms with Crippen molar-refractivity contribution in [2.24, 2.45) is 10.2 Å². The molecule has 1 heterocycles. The lowest BCUT2D eigenvalue weighted by Crippen LogP contribution is -2.15. The van der Waals surface area contributed by atoms with E-state index in [1.165, 1.54) is 57.8 Å². The number of rotatable bonds is 16. The zero-order valence-electron chi connectivity index (χ0n) is 20.7. The first-order valence-electron chi connectivity index (χ1n) is 12.6. The molecule has 8 nitrogen and oxygen atoms in total. The second-order valence-electron chi connectivity index (χ2n) is 8.28. The molecule has 0 aliphatic carbocycles. The van der Waals surface area contributed by atoms with Crippen LogP contribution in [0.3, 0.4) is 0 Å². The van der Waals surface area contributed by atoms with E-state index in [1.807, 2.05) is 30.3 Å². The number of anilines is 3. The number of amides is 1. The van der Waals surface area contributed by atoms with Gasteiger partial charge < -0.3 is 15.8 Å². The van der Waals surface area contributed by atoms with Gasteiger partial charge in [-0.3, -0.25) is 5.32 Å². The van der Waals surface area contributed by atoms with Gasteiger partial charge in [-0.1, -0.05) is 82.9 Å². The SMILES string of the molecule is CCCCCCCCCCCCNc1nc(N)c(NC(=O)OCC)cc1N=Nc1ccccc1. The van der Waals surface area contributed by atoms with Crippen LogP contribution in [0.25, 0.3) is 0 Å². The van der Waals surface area contributed by atoms with Gasteiger partial charge in [0.05, 0.1) is 18.0 Å². The molecule has 0 fully saturated rings. The smallest absolute Gasteiger partial charge is 0.411 e. The topological polar surface area (TPSA) is 114 Å². The zero-order valence-corrected chi connectivity index (χ0v) is 20.7. The van der Waals surface area contributed by atoms with Gasteiger partial charge in [0, 0.05) is 6.54 Å². The summed E-state index contributed by atoms with van der Waals surface area (Å²) in [6.07, 6.45) is 12.2. The monoisotopic (exact) mass is 468 g/mol. The number of aromatic nitrogens is 1. The first kappa shape index (κ1) is 27.1. The van der Waals surface area contributed by atoms with E-state index in [0.717, 1.165) is 18.7 Å². The van der Waals surface area contributed by atoms with Crippen molar-refractivity contribution in [2.75, 3.05) is 29.5 Å². The molecule has 0 bridgehead atoms. The molecular weight excluding hydrogens is 428 g/mol. The number of nitrogen functional groups attached to an aromatic ring is 1. The quantitative estimate of drug-likeness (QED) is 0.171. The van der Waals surface area contributed by atoms with Gasteiger partial charge in [-0.15, -0.1) is 5.11 Å². The summed E-state index contributed by atoms with van der Waals surface area (Å²) in [4.78, 5) is 16.3. The van der Waals surface area contributed by atoms with Crippen molar-refractivity contribution in [3.8, 4) is 0 Å². The van der Waals surface area contributed by atoms with Crippen molar-refractivity contribution in [3.05, 3.63) is 36.4 Å². The summed E-state index contributed by atoms with van der Waals surface area (Å²) in [7, 11) is 0. The van der Waals surface area contributed by atoms with Gasteiger partial charge in [0.25, 0.3) is 0 Å². The van der Waals surface area contributed by atoms with Gasteiger partial charge in [-0.05, 0) is 31.5 Å². The van der Waals surface area contributed by atoms with Crippen molar-refractivity contribution < 1.29 is 9.53 Å². The molecule has 2 rings (SSSR count). The highest BCUT2D eigenvalue weighted by Gasteiger charge is 2.13. The van der Waals surface area contributed by atoms with E-state index in [0.29, 0.717) is 17.2 Å². The average Bonchev–Trinajstić information content (AvgIpc) is 2.84. The Morgan fingerprint density at radius 2 is 1.59 bits per heavy atom. The number of hydrogen-bond donors (Lipinski definition) is 3. The summed E-state index contributed by atoms with van der Waals surface area (Å²) in [6, 6.07) is 11.1. The summed E-state index contributed by atoms with van der Waals surface area (Å²) in [5, 5.41) is 14.6. The molecule has 0 atom stereocenters. The van der Waals surface area contributed by atoms with Crippen molar-refractivity contribution in [1.82, 2.24) is 4.98 Å². The number of hydrogen-bond acceptors (Lipinski definition) is 7. The van der Waals surface area contributed by atoms with Crippen LogP contribution in [0.1, 0.15) is 78.1 Å². The number of pyridine rings is 1. The first-order valence-corrected chi connectivity index (χ1v) is 12.6. The molecule has 0 radical (unpaired) electrons. The van der Waals surface area contributed by atoms with E-state index < -0.39 is 6.09 Å². The molecule has 1 aromatic carbocycles. The summed E-state index contributed by atoms with van der Waals surface area (Å²) in [5.74, 6) is 0.736. The maximum atomic E-state index is 11.8. The highest BCUT2D eigenvalue weighted by molar-refractivity contribution is 5.90. The fourth-order valence-electron chi connectivity index (χ4n) is 3.53. The number of ether oxygens (including phenoxy) is 1. The molecule has 0 aliphatic rings. The fourth-order valence-corrected chi connectivity index (χ4v) is 3.53. The number of carbonyl (C=O) groups excluding carboxylic acids is 1. The van der Waals surface area contributed by atoms with Gasteiger partial charge in [0.15, 0.2) is 5.82 Å². The van der Waals surface area contributed by atoms with E-state index in [2.05, 4.69) is 32.8 Å². The van der Waals surface area contributed by atoms with Crippen LogP contribution in [0.15, 0.2) is 46.6 Å². The molecule has 4 N–H and O–H groups in total. The number of nitrogens with zero attached hydrogens (tertiary/aromatic N) is 3. The molecule has 8 heteroatoms. The predicted molar refractivity (Wildman–Crippen MR) is 140 cm³/mol. The Bertz CT molecular complexity index is 873. The normalized spacial score (nSPS) is 11.0. The number of azo groups is 1. The minimum absolute atomic E-state index is 0.192. The molecular formula is C26H40N6O2. The van der Waals surface area contributed by atoms with E-state index in [-0.39, 0.29) is 12.4 Å². The third kappa shape index (κ3) is 10.6. The maximum absolute atomic E-state index is 11.8. The summed E-state index contributed by atoms with van der Waals surface area (Å²) < 4.78 is 4.94. The molecule has 1 amide bonds. The lowest BCUT2D eigenvalue weighted by molar-refractivity contribution is 0.168. The van der Waals surface area contributed by atoms with E-state index >= 15 is 0 Å². The van der Waals surface area contributed by atoms with Gasteiger partial charge in [-0.2, -0.15) is 5.11 Å². The number of unbranched alkanes of at least 4 members (excludes halogenated alkanes) is 9. The standard InChI is InChI=1S/C26H40N6O2/c1-3-5-6-7-8-9-10-11-12-16-19-28-25-23(32-31-21-17-14-13-15-18-21)20-22(24(27)30-25)29-26(33)34-4-2/h13-15,17-18,20H,3-12,16,19H2,1-2H3,(H,29,33)(H3,27,28,30). The maximum Gasteiger partial charge on any atom is 0.411 e. The fraction of sp³-hybridized carbons (Fsp3) is 0.538. The molecule has 34 heavy (non-hydrogen) atoms. The number of nitrogens with one attached hydrogen (secondary N) is 2. The van der Waals surface area contributed by atoms with Crippen LogP contribution in [-0.2, 0) is 4.74 Å². The largest absolute Gasteiger partial charge is 0.450 e. The molecule has 0 unspecified atom stereocenters. The van der Waals surface area contributed by atoms with Crippen molar-refractivity contribution >= 4 is 34.8 Å². The van der Waals surface area contributed by atoms with Crippen LogP contribution in [0.4, 0.5) is 33.5 Å². The Balaban J connectivity index is 1.91. The van der Waals surface area contributed by atoms with Gasteiger partial charge in [0.2, 0.25) is 0 Å². The van der Waals surface area contributed by atoms with Gasteiger partial charge in [0.1, 0.15) is 11.5 Å². The van der Waals surface area contributed by atoms with Gasteiger partial charge in [-0.25, -0.2) is 9.78 Å². The molecule has 0 spiro atoms. The van der Waals surface area contributed by atoms with Crippen LogP contribution in [0.2, 0.25) is 0 Å².